The first-order chi connectivity index (χ1) is 13.9. The molecular formula is C22H42O4S3. The summed E-state index contributed by atoms with van der Waals surface area (Å²) < 4.78 is 11.8. The van der Waals surface area contributed by atoms with Crippen LogP contribution < -0.4 is 0 Å². The van der Waals surface area contributed by atoms with Crippen molar-refractivity contribution in [3.05, 3.63) is 0 Å². The summed E-state index contributed by atoms with van der Waals surface area (Å²) in [6.45, 7) is 8.40. The Morgan fingerprint density at radius 3 is 1.28 bits per heavy atom. The number of hydrogen-bond donors (Lipinski definition) is 0. The number of esters is 2. The molecule has 0 aliphatic heterocycles. The lowest BCUT2D eigenvalue weighted by molar-refractivity contribution is -0.161. The number of rotatable bonds is 18. The Morgan fingerprint density at radius 1 is 0.655 bits per heavy atom. The Labute approximate surface area is 191 Å². The SMILES string of the molecule is CCC(CC)(CCSCCC(CC)(CC)OC(=O)CCSC)OC(=O)CCSC. The summed E-state index contributed by atoms with van der Waals surface area (Å²) in [7, 11) is 0. The molecule has 0 rings (SSSR count). The van der Waals surface area contributed by atoms with Crippen molar-refractivity contribution in [2.75, 3.05) is 35.5 Å². The molecule has 0 aliphatic carbocycles. The molecule has 29 heavy (non-hydrogen) atoms. The fourth-order valence-corrected chi connectivity index (χ4v) is 5.15. The molecule has 0 radical (unpaired) electrons. The van der Waals surface area contributed by atoms with Gasteiger partial charge in [0.05, 0.1) is 12.8 Å². The van der Waals surface area contributed by atoms with Crippen LogP contribution in [0.1, 0.15) is 79.1 Å². The molecule has 0 saturated carbocycles. The van der Waals surface area contributed by atoms with Gasteiger partial charge in [0.2, 0.25) is 0 Å². The van der Waals surface area contributed by atoms with E-state index in [-0.39, 0.29) is 23.1 Å². The van der Waals surface area contributed by atoms with Gasteiger partial charge in [-0.3, -0.25) is 9.59 Å². The van der Waals surface area contributed by atoms with Crippen LogP contribution in [-0.2, 0) is 19.1 Å². The number of thioether (sulfide) groups is 3. The topological polar surface area (TPSA) is 52.6 Å². The molecule has 4 nitrogen and oxygen atoms in total. The maximum atomic E-state index is 12.1. The van der Waals surface area contributed by atoms with Crippen LogP contribution in [0.4, 0.5) is 0 Å². The molecule has 0 saturated heterocycles. The zero-order chi connectivity index (χ0) is 22.2. The van der Waals surface area contributed by atoms with E-state index in [9.17, 15) is 9.59 Å². The van der Waals surface area contributed by atoms with Crippen LogP contribution in [-0.4, -0.2) is 58.7 Å². The average Bonchev–Trinajstić information content (AvgIpc) is 2.74. The van der Waals surface area contributed by atoms with Gasteiger partial charge in [-0.1, -0.05) is 27.7 Å². The Morgan fingerprint density at radius 2 is 1.00 bits per heavy atom. The van der Waals surface area contributed by atoms with Crippen molar-refractivity contribution in [3.8, 4) is 0 Å². The number of carbonyl (C=O) groups is 2. The minimum absolute atomic E-state index is 0.0822. The molecule has 0 fully saturated rings. The van der Waals surface area contributed by atoms with Gasteiger partial charge in [-0.2, -0.15) is 35.3 Å². The van der Waals surface area contributed by atoms with Crippen molar-refractivity contribution in [1.29, 1.82) is 0 Å². The summed E-state index contributed by atoms with van der Waals surface area (Å²) in [4.78, 5) is 24.2. The average molecular weight is 467 g/mol. The van der Waals surface area contributed by atoms with E-state index in [1.165, 1.54) is 0 Å². The minimum atomic E-state index is -0.348. The second-order valence-corrected chi connectivity index (χ2v) is 10.5. The molecular weight excluding hydrogens is 424 g/mol. The Balaban J connectivity index is 4.53. The third-order valence-corrected chi connectivity index (χ3v) is 7.87. The highest BCUT2D eigenvalue weighted by molar-refractivity contribution is 7.99. The first-order valence-electron chi connectivity index (χ1n) is 10.9. The van der Waals surface area contributed by atoms with Crippen LogP contribution in [0, 0.1) is 0 Å². The van der Waals surface area contributed by atoms with Gasteiger partial charge in [0.15, 0.2) is 0 Å². The van der Waals surface area contributed by atoms with Gasteiger partial charge >= 0.3 is 11.9 Å². The number of ether oxygens (including phenoxy) is 2. The van der Waals surface area contributed by atoms with E-state index in [1.54, 1.807) is 23.5 Å². The van der Waals surface area contributed by atoms with Crippen LogP contribution in [0.2, 0.25) is 0 Å². The fraction of sp³-hybridized carbons (Fsp3) is 0.909. The van der Waals surface area contributed by atoms with Crippen LogP contribution >= 0.6 is 35.3 Å². The lowest BCUT2D eigenvalue weighted by Crippen LogP contribution is -2.35. The highest BCUT2D eigenvalue weighted by Crippen LogP contribution is 2.30. The molecule has 0 unspecified atom stereocenters. The van der Waals surface area contributed by atoms with Gasteiger partial charge in [0.25, 0.3) is 0 Å². The molecule has 0 spiro atoms. The van der Waals surface area contributed by atoms with Crippen LogP contribution in [0.3, 0.4) is 0 Å². The Hall–Kier alpha value is -0.0100. The normalized spacial score (nSPS) is 12.1. The summed E-state index contributed by atoms with van der Waals surface area (Å²) >= 11 is 5.20. The molecule has 0 bridgehead atoms. The van der Waals surface area contributed by atoms with E-state index in [0.717, 1.165) is 61.5 Å². The summed E-state index contributed by atoms with van der Waals surface area (Å²) in [6, 6.07) is 0. The molecule has 0 amide bonds. The van der Waals surface area contributed by atoms with E-state index < -0.39 is 0 Å². The fourth-order valence-electron chi connectivity index (χ4n) is 3.17. The van der Waals surface area contributed by atoms with Crippen LogP contribution in [0.15, 0.2) is 0 Å². The molecule has 0 N–H and O–H groups in total. The second kappa shape index (κ2) is 16.7. The molecule has 0 aromatic heterocycles. The van der Waals surface area contributed by atoms with Gasteiger partial charge in [-0.05, 0) is 62.5 Å². The number of carbonyl (C=O) groups excluding carboxylic acids is 2. The maximum Gasteiger partial charge on any atom is 0.307 e. The molecule has 0 aromatic rings. The number of hydrogen-bond acceptors (Lipinski definition) is 7. The highest BCUT2D eigenvalue weighted by Gasteiger charge is 2.32. The van der Waals surface area contributed by atoms with Crippen molar-refractivity contribution < 1.29 is 19.1 Å². The molecule has 0 aromatic carbocycles. The quantitative estimate of drug-likeness (QED) is 0.176. The Bertz CT molecular complexity index is 409. The van der Waals surface area contributed by atoms with Gasteiger partial charge in [0, 0.05) is 11.5 Å². The third kappa shape index (κ3) is 11.8. The summed E-state index contributed by atoms with van der Waals surface area (Å²) in [5.41, 5.74) is -0.696. The molecule has 0 aliphatic rings. The summed E-state index contributed by atoms with van der Waals surface area (Å²) in [6.07, 6.45) is 10.1. The standard InChI is InChI=1S/C22H42O4S3/c1-7-21(8-2,25-19(23)11-15-27-5)13-17-29-18-14-22(9-3,10-4)26-20(24)12-16-28-6/h7-18H2,1-6H3. The van der Waals surface area contributed by atoms with E-state index in [1.807, 2.05) is 24.3 Å². The Kier molecular flexibility index (Phi) is 16.6. The van der Waals surface area contributed by atoms with Crippen molar-refractivity contribution >= 4 is 47.2 Å². The molecule has 7 heteroatoms. The lowest BCUT2D eigenvalue weighted by Gasteiger charge is -2.33. The van der Waals surface area contributed by atoms with E-state index >= 15 is 0 Å². The third-order valence-electron chi connectivity index (χ3n) is 5.66. The zero-order valence-corrected chi connectivity index (χ0v) is 21.8. The predicted octanol–water partition coefficient (Wildman–Crippen LogP) is 6.21. The summed E-state index contributed by atoms with van der Waals surface area (Å²) in [5.74, 6) is 3.34. The van der Waals surface area contributed by atoms with E-state index in [4.69, 9.17) is 9.47 Å². The van der Waals surface area contributed by atoms with Gasteiger partial charge in [-0.25, -0.2) is 0 Å². The molecule has 172 valence electrons. The van der Waals surface area contributed by atoms with E-state index in [0.29, 0.717) is 12.8 Å². The first-order valence-corrected chi connectivity index (χ1v) is 14.8. The van der Waals surface area contributed by atoms with Gasteiger partial charge in [0.1, 0.15) is 11.2 Å². The second-order valence-electron chi connectivity index (χ2n) is 7.33. The smallest absolute Gasteiger partial charge is 0.307 e. The van der Waals surface area contributed by atoms with Crippen molar-refractivity contribution in [2.45, 2.75) is 90.3 Å². The minimum Gasteiger partial charge on any atom is -0.459 e. The molecule has 0 atom stereocenters. The van der Waals surface area contributed by atoms with Crippen LogP contribution in [0.25, 0.3) is 0 Å². The lowest BCUT2D eigenvalue weighted by atomic mass is 9.94. The summed E-state index contributed by atoms with van der Waals surface area (Å²) in [5, 5.41) is 0. The van der Waals surface area contributed by atoms with Crippen molar-refractivity contribution in [3.63, 3.8) is 0 Å². The molecule has 0 heterocycles. The monoisotopic (exact) mass is 466 g/mol. The maximum absolute atomic E-state index is 12.1. The van der Waals surface area contributed by atoms with Gasteiger partial charge < -0.3 is 9.47 Å². The predicted molar refractivity (Wildman–Crippen MR) is 131 cm³/mol. The first kappa shape index (κ1) is 29.0. The largest absolute Gasteiger partial charge is 0.459 e. The highest BCUT2D eigenvalue weighted by atomic mass is 32.2. The zero-order valence-electron chi connectivity index (χ0n) is 19.3. The van der Waals surface area contributed by atoms with Crippen molar-refractivity contribution in [2.24, 2.45) is 0 Å². The van der Waals surface area contributed by atoms with Gasteiger partial charge in [-0.15, -0.1) is 0 Å². The van der Waals surface area contributed by atoms with E-state index in [2.05, 4.69) is 27.7 Å². The van der Waals surface area contributed by atoms with Crippen molar-refractivity contribution in [1.82, 2.24) is 0 Å². The van der Waals surface area contributed by atoms with Crippen LogP contribution in [0.5, 0.6) is 0 Å².